The standard InChI is InChI=1S/C17H20FN3O/c1-17(2,3)21-15-7-8-20(11-13(15)10-19-21)16(22)12-5-4-6-14(18)9-12/h4-6,9-10H,7-8,11H2,1-3H3. The highest BCUT2D eigenvalue weighted by Crippen LogP contribution is 2.25. The molecule has 2 aromatic rings. The van der Waals surface area contributed by atoms with Gasteiger partial charge >= 0.3 is 0 Å². The molecule has 0 spiro atoms. The molecule has 0 atom stereocenters. The van der Waals surface area contributed by atoms with Crippen LogP contribution in [0.5, 0.6) is 0 Å². The summed E-state index contributed by atoms with van der Waals surface area (Å²) in [4.78, 5) is 14.3. The lowest BCUT2D eigenvalue weighted by Gasteiger charge is -2.30. The van der Waals surface area contributed by atoms with Crippen molar-refractivity contribution in [1.29, 1.82) is 0 Å². The van der Waals surface area contributed by atoms with E-state index in [2.05, 4.69) is 25.9 Å². The van der Waals surface area contributed by atoms with Crippen LogP contribution >= 0.6 is 0 Å². The molecule has 0 bridgehead atoms. The van der Waals surface area contributed by atoms with Gasteiger partial charge in [0.15, 0.2) is 0 Å². The highest BCUT2D eigenvalue weighted by Gasteiger charge is 2.28. The van der Waals surface area contributed by atoms with E-state index < -0.39 is 0 Å². The first-order chi connectivity index (χ1) is 10.4. The highest BCUT2D eigenvalue weighted by atomic mass is 19.1. The Morgan fingerprint density at radius 3 is 2.77 bits per heavy atom. The van der Waals surface area contributed by atoms with Gasteiger partial charge < -0.3 is 4.90 Å². The van der Waals surface area contributed by atoms with Crippen molar-refractivity contribution in [2.24, 2.45) is 0 Å². The molecule has 2 heterocycles. The molecule has 4 nitrogen and oxygen atoms in total. The Bertz CT molecular complexity index is 715. The van der Waals surface area contributed by atoms with Crippen LogP contribution in [0.4, 0.5) is 4.39 Å². The van der Waals surface area contributed by atoms with Gasteiger partial charge in [-0.05, 0) is 39.0 Å². The van der Waals surface area contributed by atoms with Gasteiger partial charge in [-0.1, -0.05) is 6.07 Å². The molecule has 1 aliphatic heterocycles. The number of carbonyl (C=O) groups is 1. The van der Waals surface area contributed by atoms with Gasteiger partial charge in [-0.25, -0.2) is 4.39 Å². The van der Waals surface area contributed by atoms with Gasteiger partial charge in [0.2, 0.25) is 0 Å². The zero-order valence-electron chi connectivity index (χ0n) is 13.1. The minimum absolute atomic E-state index is 0.0671. The SMILES string of the molecule is CC(C)(C)n1ncc2c1CCN(C(=O)c1cccc(F)c1)C2. The Kier molecular flexibility index (Phi) is 3.51. The van der Waals surface area contributed by atoms with E-state index in [9.17, 15) is 9.18 Å². The summed E-state index contributed by atoms with van der Waals surface area (Å²) in [5.41, 5.74) is 2.59. The van der Waals surface area contributed by atoms with Crippen molar-refractivity contribution in [2.45, 2.75) is 39.3 Å². The van der Waals surface area contributed by atoms with Gasteiger partial charge in [0.1, 0.15) is 5.82 Å². The molecule has 22 heavy (non-hydrogen) atoms. The van der Waals surface area contributed by atoms with Crippen LogP contribution in [-0.4, -0.2) is 27.1 Å². The Hall–Kier alpha value is -2.17. The molecule has 116 valence electrons. The second kappa shape index (κ2) is 5.23. The van der Waals surface area contributed by atoms with Gasteiger partial charge in [-0.15, -0.1) is 0 Å². The predicted octanol–water partition coefficient (Wildman–Crippen LogP) is 2.98. The van der Waals surface area contributed by atoms with Crippen molar-refractivity contribution >= 4 is 5.91 Å². The largest absolute Gasteiger partial charge is 0.334 e. The minimum Gasteiger partial charge on any atom is -0.334 e. The van der Waals surface area contributed by atoms with Gasteiger partial charge in [-0.2, -0.15) is 5.10 Å². The van der Waals surface area contributed by atoms with Crippen molar-refractivity contribution in [1.82, 2.24) is 14.7 Å². The van der Waals surface area contributed by atoms with Crippen LogP contribution in [0.2, 0.25) is 0 Å². The number of aromatic nitrogens is 2. The van der Waals surface area contributed by atoms with E-state index in [0.29, 0.717) is 18.7 Å². The molecule has 1 aromatic heterocycles. The predicted molar refractivity (Wildman–Crippen MR) is 82.1 cm³/mol. The average Bonchev–Trinajstić information content (AvgIpc) is 2.89. The summed E-state index contributed by atoms with van der Waals surface area (Å²) in [7, 11) is 0. The summed E-state index contributed by atoms with van der Waals surface area (Å²) in [5.74, 6) is -0.516. The zero-order chi connectivity index (χ0) is 15.9. The third-order valence-corrected chi connectivity index (χ3v) is 3.93. The quantitative estimate of drug-likeness (QED) is 0.812. The lowest BCUT2D eigenvalue weighted by Crippen LogP contribution is -2.37. The normalized spacial score (nSPS) is 14.8. The summed E-state index contributed by atoms with van der Waals surface area (Å²) in [6, 6.07) is 5.85. The summed E-state index contributed by atoms with van der Waals surface area (Å²) in [5, 5.41) is 4.47. The maximum Gasteiger partial charge on any atom is 0.254 e. The molecule has 0 fully saturated rings. The molecular weight excluding hydrogens is 281 g/mol. The van der Waals surface area contributed by atoms with Gasteiger partial charge in [0.25, 0.3) is 5.91 Å². The van der Waals surface area contributed by atoms with Crippen LogP contribution in [0.1, 0.15) is 42.4 Å². The lowest BCUT2D eigenvalue weighted by molar-refractivity contribution is 0.0732. The first kappa shape index (κ1) is 14.8. The van der Waals surface area contributed by atoms with E-state index >= 15 is 0 Å². The molecule has 0 unspecified atom stereocenters. The second-order valence-electron chi connectivity index (χ2n) is 6.69. The fourth-order valence-electron chi connectivity index (χ4n) is 2.89. The van der Waals surface area contributed by atoms with Crippen molar-refractivity contribution < 1.29 is 9.18 Å². The molecule has 0 saturated carbocycles. The molecule has 3 rings (SSSR count). The summed E-state index contributed by atoms with van der Waals surface area (Å²) < 4.78 is 15.3. The van der Waals surface area contributed by atoms with Crippen LogP contribution in [0.3, 0.4) is 0 Å². The van der Waals surface area contributed by atoms with Crippen LogP contribution in [-0.2, 0) is 18.5 Å². The Morgan fingerprint density at radius 1 is 1.32 bits per heavy atom. The maximum atomic E-state index is 13.3. The third-order valence-electron chi connectivity index (χ3n) is 3.93. The van der Waals surface area contributed by atoms with E-state index in [1.807, 2.05) is 10.9 Å². The molecule has 1 aromatic carbocycles. The fraction of sp³-hybridized carbons (Fsp3) is 0.412. The van der Waals surface area contributed by atoms with Crippen LogP contribution in [0, 0.1) is 5.82 Å². The number of rotatable bonds is 1. The Labute approximate surface area is 129 Å². The van der Waals surface area contributed by atoms with Gasteiger partial charge in [0, 0.05) is 36.3 Å². The molecular formula is C17H20FN3O. The first-order valence-electron chi connectivity index (χ1n) is 7.47. The third kappa shape index (κ3) is 2.63. The smallest absolute Gasteiger partial charge is 0.254 e. The van der Waals surface area contributed by atoms with Crippen LogP contribution in [0.15, 0.2) is 30.5 Å². The number of halogens is 1. The highest BCUT2D eigenvalue weighted by molar-refractivity contribution is 5.94. The van der Waals surface area contributed by atoms with E-state index in [4.69, 9.17) is 0 Å². The lowest BCUT2D eigenvalue weighted by atomic mass is 10.0. The molecule has 0 radical (unpaired) electrons. The van der Waals surface area contributed by atoms with E-state index in [-0.39, 0.29) is 17.3 Å². The first-order valence-corrected chi connectivity index (χ1v) is 7.47. The maximum absolute atomic E-state index is 13.3. The number of benzene rings is 1. The number of amides is 1. The van der Waals surface area contributed by atoms with E-state index in [1.165, 1.54) is 17.8 Å². The molecule has 1 amide bonds. The number of fused-ring (bicyclic) bond motifs is 1. The minimum atomic E-state index is -0.385. The van der Waals surface area contributed by atoms with Crippen molar-refractivity contribution in [3.63, 3.8) is 0 Å². The average molecular weight is 301 g/mol. The number of hydrogen-bond donors (Lipinski definition) is 0. The number of carbonyl (C=O) groups excluding carboxylic acids is 1. The number of hydrogen-bond acceptors (Lipinski definition) is 2. The molecule has 5 heteroatoms. The molecule has 0 N–H and O–H groups in total. The van der Waals surface area contributed by atoms with Crippen molar-refractivity contribution in [3.8, 4) is 0 Å². The fourth-order valence-corrected chi connectivity index (χ4v) is 2.89. The van der Waals surface area contributed by atoms with Crippen LogP contribution < -0.4 is 0 Å². The monoisotopic (exact) mass is 301 g/mol. The Morgan fingerprint density at radius 2 is 2.09 bits per heavy atom. The van der Waals surface area contributed by atoms with Crippen molar-refractivity contribution in [2.75, 3.05) is 6.54 Å². The van der Waals surface area contributed by atoms with Gasteiger partial charge in [-0.3, -0.25) is 9.48 Å². The topological polar surface area (TPSA) is 38.1 Å². The summed E-state index contributed by atoms with van der Waals surface area (Å²) in [6.45, 7) is 7.50. The summed E-state index contributed by atoms with van der Waals surface area (Å²) >= 11 is 0. The molecule has 0 saturated heterocycles. The Balaban J connectivity index is 1.83. The van der Waals surface area contributed by atoms with E-state index in [1.54, 1.807) is 17.0 Å². The second-order valence-corrected chi connectivity index (χ2v) is 6.69. The zero-order valence-corrected chi connectivity index (χ0v) is 13.1. The van der Waals surface area contributed by atoms with Crippen molar-refractivity contribution in [3.05, 3.63) is 53.1 Å². The molecule has 0 aliphatic carbocycles. The number of nitrogens with zero attached hydrogens (tertiary/aromatic N) is 3. The van der Waals surface area contributed by atoms with Crippen LogP contribution in [0.25, 0.3) is 0 Å². The summed E-state index contributed by atoms with van der Waals surface area (Å²) in [6.07, 6.45) is 2.61. The molecule has 1 aliphatic rings. The van der Waals surface area contributed by atoms with E-state index in [0.717, 1.165) is 12.0 Å². The van der Waals surface area contributed by atoms with Gasteiger partial charge in [0.05, 0.1) is 11.7 Å².